The maximum atomic E-state index is 11.9. The van der Waals surface area contributed by atoms with E-state index in [4.69, 9.17) is 9.26 Å². The third kappa shape index (κ3) is 4.25. The molecule has 0 fully saturated rings. The molecule has 6 nitrogen and oxygen atoms in total. The van der Waals surface area contributed by atoms with Gasteiger partial charge in [0.2, 0.25) is 0 Å². The highest BCUT2D eigenvalue weighted by Crippen LogP contribution is 2.18. The zero-order valence-electron chi connectivity index (χ0n) is 13.3. The van der Waals surface area contributed by atoms with Crippen LogP contribution in [0.3, 0.4) is 0 Å². The molecule has 6 heteroatoms. The molecule has 2 aromatic rings. The van der Waals surface area contributed by atoms with Crippen molar-refractivity contribution in [2.45, 2.75) is 33.8 Å². The lowest BCUT2D eigenvalue weighted by Gasteiger charge is -2.16. The molecule has 0 saturated carbocycles. The molecule has 0 saturated heterocycles. The summed E-state index contributed by atoms with van der Waals surface area (Å²) in [7, 11) is 0. The standard InChI is InChI=1S/C16H21N3O3/c1-10-5-7-14(8-6-10)21-11(2)9-17-16(20)18-15-12(3)19-22-13(15)4/h5-8,11H,9H2,1-4H3,(H2,17,18,20)/t11-/m0/s1. The van der Waals surface area contributed by atoms with Crippen LogP contribution in [0.25, 0.3) is 0 Å². The Hall–Kier alpha value is -2.50. The van der Waals surface area contributed by atoms with Gasteiger partial charge in [-0.1, -0.05) is 22.9 Å². The number of nitrogens with one attached hydrogen (secondary N) is 2. The maximum Gasteiger partial charge on any atom is 0.319 e. The van der Waals surface area contributed by atoms with Gasteiger partial charge < -0.3 is 19.9 Å². The number of ether oxygens (including phenoxy) is 1. The van der Waals surface area contributed by atoms with Crippen molar-refractivity contribution in [1.82, 2.24) is 10.5 Å². The molecular formula is C16H21N3O3. The predicted octanol–water partition coefficient (Wildman–Crippen LogP) is 3.19. The first kappa shape index (κ1) is 15.9. The van der Waals surface area contributed by atoms with Crippen molar-refractivity contribution in [3.8, 4) is 5.75 Å². The second-order valence-corrected chi connectivity index (χ2v) is 5.28. The topological polar surface area (TPSA) is 76.4 Å². The molecule has 0 aliphatic rings. The van der Waals surface area contributed by atoms with Crippen LogP contribution in [-0.4, -0.2) is 23.8 Å². The molecule has 1 aromatic carbocycles. The summed E-state index contributed by atoms with van der Waals surface area (Å²) in [5.41, 5.74) is 2.43. The van der Waals surface area contributed by atoms with Crippen molar-refractivity contribution < 1.29 is 14.1 Å². The van der Waals surface area contributed by atoms with Gasteiger partial charge in [-0.25, -0.2) is 4.79 Å². The van der Waals surface area contributed by atoms with Gasteiger partial charge in [0.15, 0.2) is 5.76 Å². The van der Waals surface area contributed by atoms with Crippen LogP contribution in [0.2, 0.25) is 0 Å². The number of amides is 2. The van der Waals surface area contributed by atoms with Gasteiger partial charge >= 0.3 is 6.03 Å². The van der Waals surface area contributed by atoms with E-state index in [2.05, 4.69) is 15.8 Å². The fourth-order valence-electron chi connectivity index (χ4n) is 1.95. The first-order valence-electron chi connectivity index (χ1n) is 7.16. The molecule has 0 bridgehead atoms. The molecule has 2 N–H and O–H groups in total. The average molecular weight is 303 g/mol. The van der Waals surface area contributed by atoms with E-state index in [0.717, 1.165) is 5.75 Å². The van der Waals surface area contributed by atoms with Crippen molar-refractivity contribution in [2.24, 2.45) is 0 Å². The number of aromatic nitrogens is 1. The van der Waals surface area contributed by atoms with Gasteiger partial charge in [-0.3, -0.25) is 0 Å². The van der Waals surface area contributed by atoms with Crippen LogP contribution in [0, 0.1) is 20.8 Å². The van der Waals surface area contributed by atoms with Crippen LogP contribution < -0.4 is 15.4 Å². The number of anilines is 1. The highest BCUT2D eigenvalue weighted by molar-refractivity contribution is 5.90. The van der Waals surface area contributed by atoms with E-state index in [9.17, 15) is 4.79 Å². The number of rotatable bonds is 5. The van der Waals surface area contributed by atoms with Crippen molar-refractivity contribution >= 4 is 11.7 Å². The normalized spacial score (nSPS) is 11.8. The number of nitrogens with zero attached hydrogens (tertiary/aromatic N) is 1. The second kappa shape index (κ2) is 6.98. The minimum atomic E-state index is -0.311. The number of carbonyl (C=O) groups is 1. The summed E-state index contributed by atoms with van der Waals surface area (Å²) in [6, 6.07) is 7.49. The molecule has 0 spiro atoms. The van der Waals surface area contributed by atoms with Crippen molar-refractivity contribution in [2.75, 3.05) is 11.9 Å². The van der Waals surface area contributed by atoms with Crippen LogP contribution in [0.1, 0.15) is 23.9 Å². The summed E-state index contributed by atoms with van der Waals surface area (Å²) >= 11 is 0. The van der Waals surface area contributed by atoms with Gasteiger partial charge in [0, 0.05) is 0 Å². The first-order valence-corrected chi connectivity index (χ1v) is 7.16. The molecule has 1 atom stereocenters. The van der Waals surface area contributed by atoms with Crippen LogP contribution in [0.15, 0.2) is 28.8 Å². The molecule has 0 radical (unpaired) electrons. The Labute approximate surface area is 129 Å². The van der Waals surface area contributed by atoms with Gasteiger partial charge in [-0.2, -0.15) is 0 Å². The van der Waals surface area contributed by atoms with E-state index in [1.165, 1.54) is 5.56 Å². The average Bonchev–Trinajstić information content (AvgIpc) is 2.79. The largest absolute Gasteiger partial charge is 0.489 e. The smallest absolute Gasteiger partial charge is 0.319 e. The molecule has 2 rings (SSSR count). The fourth-order valence-corrected chi connectivity index (χ4v) is 1.95. The number of urea groups is 1. The molecule has 0 unspecified atom stereocenters. The highest BCUT2D eigenvalue weighted by Gasteiger charge is 2.13. The lowest BCUT2D eigenvalue weighted by atomic mass is 10.2. The molecule has 0 aliphatic heterocycles. The molecule has 0 aliphatic carbocycles. The van der Waals surface area contributed by atoms with Gasteiger partial charge in [-0.15, -0.1) is 0 Å². The minimum absolute atomic E-state index is 0.141. The third-order valence-electron chi connectivity index (χ3n) is 3.18. The molecule has 1 aromatic heterocycles. The summed E-state index contributed by atoms with van der Waals surface area (Å²) in [5.74, 6) is 1.36. The Morgan fingerprint density at radius 2 is 1.95 bits per heavy atom. The quantitative estimate of drug-likeness (QED) is 0.889. The minimum Gasteiger partial charge on any atom is -0.489 e. The summed E-state index contributed by atoms with van der Waals surface area (Å²) in [6.45, 7) is 7.83. The lowest BCUT2D eigenvalue weighted by Crippen LogP contribution is -2.36. The van der Waals surface area contributed by atoms with E-state index < -0.39 is 0 Å². The Balaban J connectivity index is 1.79. The zero-order valence-corrected chi connectivity index (χ0v) is 13.3. The summed E-state index contributed by atoms with van der Waals surface area (Å²) in [5, 5.41) is 9.27. The van der Waals surface area contributed by atoms with Crippen molar-refractivity contribution in [1.29, 1.82) is 0 Å². The lowest BCUT2D eigenvalue weighted by molar-refractivity contribution is 0.212. The number of carbonyl (C=O) groups excluding carboxylic acids is 1. The maximum absolute atomic E-state index is 11.9. The van der Waals surface area contributed by atoms with Crippen molar-refractivity contribution in [3.05, 3.63) is 41.3 Å². The fraction of sp³-hybridized carbons (Fsp3) is 0.375. The second-order valence-electron chi connectivity index (χ2n) is 5.28. The molecule has 118 valence electrons. The van der Waals surface area contributed by atoms with E-state index >= 15 is 0 Å². The predicted molar refractivity (Wildman–Crippen MR) is 84.3 cm³/mol. The van der Waals surface area contributed by atoms with Crippen molar-refractivity contribution in [3.63, 3.8) is 0 Å². The van der Waals surface area contributed by atoms with E-state index in [0.29, 0.717) is 23.7 Å². The molecule has 1 heterocycles. The SMILES string of the molecule is Cc1ccc(O[C@@H](C)CNC(=O)Nc2c(C)noc2C)cc1. The summed E-state index contributed by atoms with van der Waals surface area (Å²) in [6.07, 6.45) is -0.141. The number of hydrogen-bond donors (Lipinski definition) is 2. The molecule has 22 heavy (non-hydrogen) atoms. The molecular weight excluding hydrogens is 282 g/mol. The first-order chi connectivity index (χ1) is 10.5. The highest BCUT2D eigenvalue weighted by atomic mass is 16.5. The van der Waals surface area contributed by atoms with Gasteiger partial charge in [0.05, 0.1) is 6.54 Å². The van der Waals surface area contributed by atoms with Crippen LogP contribution in [0.5, 0.6) is 5.75 Å². The van der Waals surface area contributed by atoms with E-state index in [1.807, 2.05) is 38.1 Å². The number of aryl methyl sites for hydroxylation is 3. The molecule has 2 amide bonds. The Morgan fingerprint density at radius 1 is 1.27 bits per heavy atom. The van der Waals surface area contributed by atoms with Gasteiger partial charge in [0.25, 0.3) is 0 Å². The van der Waals surface area contributed by atoms with Gasteiger partial charge in [-0.05, 0) is 39.8 Å². The van der Waals surface area contributed by atoms with Gasteiger partial charge in [0.1, 0.15) is 23.2 Å². The monoisotopic (exact) mass is 303 g/mol. The summed E-state index contributed by atoms with van der Waals surface area (Å²) in [4.78, 5) is 11.9. The Kier molecular flexibility index (Phi) is 5.04. The zero-order chi connectivity index (χ0) is 16.1. The number of benzene rings is 1. The Bertz CT molecular complexity index is 615. The van der Waals surface area contributed by atoms with Crippen LogP contribution >= 0.6 is 0 Å². The van der Waals surface area contributed by atoms with E-state index in [1.54, 1.807) is 13.8 Å². The summed E-state index contributed by atoms with van der Waals surface area (Å²) < 4.78 is 10.7. The van der Waals surface area contributed by atoms with Crippen LogP contribution in [0.4, 0.5) is 10.5 Å². The van der Waals surface area contributed by atoms with Crippen LogP contribution in [-0.2, 0) is 0 Å². The third-order valence-corrected chi connectivity index (χ3v) is 3.18. The van der Waals surface area contributed by atoms with E-state index in [-0.39, 0.29) is 12.1 Å². The number of hydrogen-bond acceptors (Lipinski definition) is 4. The Morgan fingerprint density at radius 3 is 2.55 bits per heavy atom.